The van der Waals surface area contributed by atoms with E-state index < -0.39 is 0 Å². The normalized spacial score (nSPS) is 10.9. The molecule has 0 spiro atoms. The summed E-state index contributed by atoms with van der Waals surface area (Å²) in [6.45, 7) is 7.82. The summed E-state index contributed by atoms with van der Waals surface area (Å²) in [5, 5.41) is 3.20. The number of halogens is 1. The van der Waals surface area contributed by atoms with Gasteiger partial charge in [-0.1, -0.05) is 13.8 Å². The van der Waals surface area contributed by atoms with Crippen LogP contribution < -0.4 is 5.32 Å². The molecule has 1 atom stereocenters. The monoisotopic (exact) mass is 191 g/mol. The molecule has 0 amide bonds. The van der Waals surface area contributed by atoms with Crippen molar-refractivity contribution in [3.05, 3.63) is 0 Å². The molecular weight excluding hydrogens is 174 g/mol. The summed E-state index contributed by atoms with van der Waals surface area (Å²) >= 11 is 0. The van der Waals surface area contributed by atoms with Crippen LogP contribution >= 0.6 is 12.4 Å². The van der Waals surface area contributed by atoms with E-state index in [-0.39, 0.29) is 18.6 Å². The second kappa shape index (κ2) is 10.6. The molecule has 0 aromatic rings. The smallest absolute Gasteiger partial charge is 0.110 e. The van der Waals surface area contributed by atoms with Crippen molar-refractivity contribution < 1.29 is 0 Å². The maximum Gasteiger partial charge on any atom is 0.110 e. The minimum absolute atomic E-state index is 0. The summed E-state index contributed by atoms with van der Waals surface area (Å²) in [4.78, 5) is 7.98. The number of rotatable bonds is 5. The fraction of sp³-hybridized carbons (Fsp3) is 0.875. The van der Waals surface area contributed by atoms with E-state index in [0.717, 1.165) is 19.5 Å². The van der Waals surface area contributed by atoms with Gasteiger partial charge in [0.2, 0.25) is 0 Å². The van der Waals surface area contributed by atoms with Gasteiger partial charge >= 0.3 is 0 Å². The first kappa shape index (κ1) is 14.2. The van der Waals surface area contributed by atoms with Crippen molar-refractivity contribution in [2.75, 3.05) is 13.1 Å². The lowest BCUT2D eigenvalue weighted by Gasteiger charge is -2.06. The van der Waals surface area contributed by atoms with Gasteiger partial charge in [0.1, 0.15) is 6.17 Å². The molecular formula is C8H18ClN3. The van der Waals surface area contributed by atoms with Crippen LogP contribution in [-0.4, -0.2) is 25.3 Å². The first-order valence-corrected chi connectivity index (χ1v) is 4.19. The van der Waals surface area contributed by atoms with Crippen LogP contribution in [0, 0.1) is 0 Å². The summed E-state index contributed by atoms with van der Waals surface area (Å²) in [6.07, 6.45) is 1.18. The number of aliphatic imine (C=N–C) groups is 2. The van der Waals surface area contributed by atoms with Gasteiger partial charge in [-0.05, 0) is 19.9 Å². The van der Waals surface area contributed by atoms with E-state index in [1.54, 1.807) is 0 Å². The quantitative estimate of drug-likeness (QED) is 0.663. The van der Waals surface area contributed by atoms with Crippen LogP contribution in [0.1, 0.15) is 27.2 Å². The van der Waals surface area contributed by atoms with Gasteiger partial charge in [0.05, 0.1) is 6.01 Å². The summed E-state index contributed by atoms with van der Waals surface area (Å²) < 4.78 is 0. The van der Waals surface area contributed by atoms with E-state index in [4.69, 9.17) is 0 Å². The number of nitrogens with zero attached hydrogens (tertiary/aromatic N) is 2. The van der Waals surface area contributed by atoms with Gasteiger partial charge in [-0.25, -0.2) is 9.98 Å². The zero-order valence-corrected chi connectivity index (χ0v) is 8.82. The zero-order valence-electron chi connectivity index (χ0n) is 8.00. The van der Waals surface area contributed by atoms with Crippen LogP contribution in [0.2, 0.25) is 0 Å². The maximum atomic E-state index is 4.09. The van der Waals surface area contributed by atoms with Gasteiger partial charge in [0.15, 0.2) is 0 Å². The highest BCUT2D eigenvalue weighted by molar-refractivity contribution is 5.85. The molecule has 0 aromatic carbocycles. The Hall–Kier alpha value is -0.370. The van der Waals surface area contributed by atoms with Crippen molar-refractivity contribution in [3.63, 3.8) is 0 Å². The Morgan fingerprint density at radius 1 is 1.33 bits per heavy atom. The molecule has 0 rings (SSSR count). The molecule has 0 bridgehead atoms. The Morgan fingerprint density at radius 3 is 2.42 bits per heavy atom. The van der Waals surface area contributed by atoms with Gasteiger partial charge in [-0.15, -0.1) is 12.4 Å². The Kier molecular flexibility index (Phi) is 12.6. The van der Waals surface area contributed by atoms with Crippen LogP contribution in [0.4, 0.5) is 0 Å². The zero-order chi connectivity index (χ0) is 8.53. The highest BCUT2D eigenvalue weighted by atomic mass is 35.5. The van der Waals surface area contributed by atoms with Crippen LogP contribution in [0.15, 0.2) is 9.98 Å². The fourth-order valence-electron chi connectivity index (χ4n) is 0.698. The summed E-state index contributed by atoms with van der Waals surface area (Å²) in [7, 11) is 0. The van der Waals surface area contributed by atoms with Crippen molar-refractivity contribution in [1.29, 1.82) is 0 Å². The molecule has 0 saturated carbocycles. The van der Waals surface area contributed by atoms with E-state index in [2.05, 4.69) is 35.2 Å². The van der Waals surface area contributed by atoms with Crippen LogP contribution in [-0.2, 0) is 0 Å². The third-order valence-electron chi connectivity index (χ3n) is 1.27. The van der Waals surface area contributed by atoms with E-state index in [1.165, 1.54) is 0 Å². The van der Waals surface area contributed by atoms with E-state index in [0.29, 0.717) is 0 Å². The van der Waals surface area contributed by atoms with Crippen molar-refractivity contribution in [2.24, 2.45) is 9.98 Å². The molecule has 1 N–H and O–H groups in total. The second-order valence-corrected chi connectivity index (χ2v) is 2.19. The molecule has 0 aliphatic heterocycles. The van der Waals surface area contributed by atoms with E-state index >= 15 is 0 Å². The predicted molar refractivity (Wildman–Crippen MR) is 55.4 cm³/mol. The van der Waals surface area contributed by atoms with Crippen molar-refractivity contribution in [2.45, 2.75) is 33.4 Å². The summed E-state index contributed by atoms with van der Waals surface area (Å²) in [6, 6.07) is 2.66. The minimum Gasteiger partial charge on any atom is -0.295 e. The third-order valence-corrected chi connectivity index (χ3v) is 1.27. The highest BCUT2D eigenvalue weighted by Gasteiger charge is 1.97. The molecule has 0 aromatic heterocycles. The molecule has 12 heavy (non-hydrogen) atoms. The Balaban J connectivity index is 0. The van der Waals surface area contributed by atoms with Gasteiger partial charge in [-0.3, -0.25) is 5.32 Å². The third kappa shape index (κ3) is 7.73. The summed E-state index contributed by atoms with van der Waals surface area (Å²) in [5.41, 5.74) is 0. The molecule has 1 unspecified atom stereocenters. The predicted octanol–water partition coefficient (Wildman–Crippen LogP) is 1.95. The standard InChI is InChI=1S/C8H17N3.ClH/c1-4-8(10-6-3)11-7-9-5-2;/h8,10H,4-6H2,1-3H3;1H. The molecule has 0 heterocycles. The fourth-order valence-corrected chi connectivity index (χ4v) is 0.698. The van der Waals surface area contributed by atoms with Crippen molar-refractivity contribution >= 4 is 18.4 Å². The average molecular weight is 192 g/mol. The molecule has 0 saturated heterocycles. The molecule has 72 valence electrons. The molecule has 3 nitrogen and oxygen atoms in total. The lowest BCUT2D eigenvalue weighted by atomic mass is 10.4. The molecule has 0 aliphatic carbocycles. The Morgan fingerprint density at radius 2 is 2.00 bits per heavy atom. The topological polar surface area (TPSA) is 36.8 Å². The van der Waals surface area contributed by atoms with E-state index in [1.807, 2.05) is 6.92 Å². The largest absolute Gasteiger partial charge is 0.295 e. The van der Waals surface area contributed by atoms with Gasteiger partial charge in [0.25, 0.3) is 0 Å². The number of hydrogen-bond acceptors (Lipinski definition) is 3. The van der Waals surface area contributed by atoms with Gasteiger partial charge in [0, 0.05) is 6.54 Å². The van der Waals surface area contributed by atoms with Gasteiger partial charge < -0.3 is 0 Å². The number of nitrogens with one attached hydrogen (secondary N) is 1. The lowest BCUT2D eigenvalue weighted by Crippen LogP contribution is -2.25. The Labute approximate surface area is 80.8 Å². The van der Waals surface area contributed by atoms with Crippen LogP contribution in [0.25, 0.3) is 0 Å². The molecule has 4 heteroatoms. The van der Waals surface area contributed by atoms with Crippen LogP contribution in [0.3, 0.4) is 0 Å². The second-order valence-electron chi connectivity index (χ2n) is 2.19. The van der Waals surface area contributed by atoms with Crippen molar-refractivity contribution in [3.8, 4) is 0 Å². The lowest BCUT2D eigenvalue weighted by molar-refractivity contribution is 0.535. The molecule has 0 aliphatic rings. The Bertz CT molecular complexity index is 141. The summed E-state index contributed by atoms with van der Waals surface area (Å²) in [5.74, 6) is 0. The number of hydrogen-bond donors (Lipinski definition) is 1. The van der Waals surface area contributed by atoms with Crippen LogP contribution in [0.5, 0.6) is 0 Å². The highest BCUT2D eigenvalue weighted by Crippen LogP contribution is 1.89. The first-order valence-electron chi connectivity index (χ1n) is 4.19. The average Bonchev–Trinajstić information content (AvgIpc) is 2.03. The maximum absolute atomic E-state index is 4.09. The first-order chi connectivity index (χ1) is 5.35. The van der Waals surface area contributed by atoms with Gasteiger partial charge in [-0.2, -0.15) is 0 Å². The molecule has 0 fully saturated rings. The van der Waals surface area contributed by atoms with Crippen molar-refractivity contribution in [1.82, 2.24) is 5.32 Å². The minimum atomic E-state index is 0. The molecule has 0 radical (unpaired) electrons. The van der Waals surface area contributed by atoms with E-state index in [9.17, 15) is 0 Å². The SMILES string of the molecule is CCN=C=NC(CC)NCC.Cl.